The Labute approximate surface area is 756 Å². The lowest BCUT2D eigenvalue weighted by Gasteiger charge is -2.32. The van der Waals surface area contributed by atoms with Crippen LogP contribution in [-0.2, 0) is 94.4 Å². The smallest absolute Gasteiger partial charge is 0.326 e. The molecule has 22 N–H and O–H groups in total. The Kier molecular flexibility index (Phi) is 39.9. The van der Waals surface area contributed by atoms with Gasteiger partial charge in [0.05, 0.1) is 6.04 Å². The van der Waals surface area contributed by atoms with Crippen molar-refractivity contribution < 1.29 is 67.4 Å². The van der Waals surface area contributed by atoms with Crippen LogP contribution in [0.15, 0.2) is 121 Å². The van der Waals surface area contributed by atoms with Gasteiger partial charge in [-0.3, -0.25) is 68.4 Å². The van der Waals surface area contributed by atoms with Gasteiger partial charge in [0.15, 0.2) is 11.9 Å². The lowest BCUT2D eigenvalue weighted by atomic mass is 9.97. The molecule has 3 aliphatic heterocycles. The molecule has 0 saturated carbocycles. The van der Waals surface area contributed by atoms with Crippen molar-refractivity contribution in [3.8, 4) is 0 Å². The molecule has 700 valence electrons. The SMILES string of the molecule is CC[C@H](C)[C@H](N)C(=O)N[C@@H](CC(C)C)C(=O)N1CCC[C@H]1C(=O)N[C@@H](Cc1ccccc1C)C(=O)N[C@@H](CCCCN)C(=O)N[C@@H](Cc1ccccc1C)C(=O)N1CCC[C@H]1C(=O)N[C@@H](Cc1ccccc1C)C(=O)N[C@@H](Cc1ccccc1C)C(=O)N1CCC[C@H]1C(=O)N[C@@H](Cc1ccccc1C)C(=O)N[C@@H](CCCNC(=N)N)C(=O)N[C@@H](CCCNC(=N)N)C(=O)O. The van der Waals surface area contributed by atoms with E-state index in [2.05, 4.69) is 58.5 Å². The van der Waals surface area contributed by atoms with Crippen molar-refractivity contribution >= 4 is 88.8 Å². The molecule has 5 aromatic carbocycles. The maximum Gasteiger partial charge on any atom is 0.326 e. The van der Waals surface area contributed by atoms with E-state index in [0.29, 0.717) is 66.3 Å². The molecule has 3 fully saturated rings. The number of likely N-dealkylation sites (tertiary alicyclic amines) is 3. The molecule has 5 aromatic rings. The van der Waals surface area contributed by atoms with Crippen molar-refractivity contribution in [1.29, 1.82) is 10.8 Å². The lowest BCUT2D eigenvalue weighted by molar-refractivity contribution is -0.143. The van der Waals surface area contributed by atoms with Crippen molar-refractivity contribution in [3.63, 3.8) is 0 Å². The quantitative estimate of drug-likeness (QED) is 0.0151. The highest BCUT2D eigenvalue weighted by Crippen LogP contribution is 2.27. The number of nitrogens with zero attached hydrogens (tertiary/aromatic N) is 3. The van der Waals surface area contributed by atoms with Gasteiger partial charge in [-0.25, -0.2) is 4.79 Å². The molecule has 3 aliphatic rings. The Morgan fingerprint density at radius 2 is 0.667 bits per heavy atom. The Morgan fingerprint density at radius 3 is 0.969 bits per heavy atom. The largest absolute Gasteiger partial charge is 0.480 e. The van der Waals surface area contributed by atoms with Crippen LogP contribution in [0.25, 0.3) is 0 Å². The highest BCUT2D eigenvalue weighted by molar-refractivity contribution is 6.01. The molecule has 34 nitrogen and oxygen atoms in total. The van der Waals surface area contributed by atoms with Crippen molar-refractivity contribution in [2.75, 3.05) is 39.3 Å². The van der Waals surface area contributed by atoms with Crippen LogP contribution in [-0.4, -0.2) is 226 Å². The van der Waals surface area contributed by atoms with Gasteiger partial charge in [0.2, 0.25) is 70.9 Å². The summed E-state index contributed by atoms with van der Waals surface area (Å²) in [6.07, 6.45) is 3.21. The van der Waals surface area contributed by atoms with Crippen molar-refractivity contribution in [2.45, 2.75) is 269 Å². The van der Waals surface area contributed by atoms with Gasteiger partial charge in [-0.2, -0.15) is 0 Å². The van der Waals surface area contributed by atoms with Gasteiger partial charge in [-0.1, -0.05) is 155 Å². The molecule has 0 unspecified atom stereocenters. The molecule has 129 heavy (non-hydrogen) atoms. The Morgan fingerprint density at radius 1 is 0.388 bits per heavy atom. The number of carboxylic acids is 1. The summed E-state index contributed by atoms with van der Waals surface area (Å²) in [4.78, 5) is 197. The van der Waals surface area contributed by atoms with Crippen LogP contribution < -0.4 is 81.4 Å². The number of rotatable bonds is 48. The molecule has 0 aliphatic carbocycles. The predicted octanol–water partition coefficient (Wildman–Crippen LogP) is 3.24. The zero-order chi connectivity index (χ0) is 94.1. The van der Waals surface area contributed by atoms with Gasteiger partial charge in [-0.05, 0) is 199 Å². The maximum atomic E-state index is 15.8. The molecule has 0 radical (unpaired) electrons. The first-order valence-electron chi connectivity index (χ1n) is 45.3. The number of carbonyl (C=O) groups excluding carboxylic acids is 12. The minimum atomic E-state index is -1.42. The molecular formula is C95H136N20O14. The van der Waals surface area contributed by atoms with Crippen LogP contribution in [0, 0.1) is 57.3 Å². The molecule has 3 heterocycles. The number of carbonyl (C=O) groups is 13. The number of benzene rings is 5. The normalized spacial score (nSPS) is 17.4. The number of hydrogen-bond donors (Lipinski definition) is 18. The molecule has 8 rings (SSSR count). The van der Waals surface area contributed by atoms with Gasteiger partial charge in [-0.15, -0.1) is 0 Å². The Bertz CT molecular complexity index is 4740. The summed E-state index contributed by atoms with van der Waals surface area (Å²) in [5.74, 6) is -10.4. The topological polar surface area (TPSA) is 536 Å². The van der Waals surface area contributed by atoms with Gasteiger partial charge < -0.3 is 101 Å². The van der Waals surface area contributed by atoms with E-state index in [1.54, 1.807) is 48.5 Å². The van der Waals surface area contributed by atoms with E-state index >= 15 is 33.6 Å². The summed E-state index contributed by atoms with van der Waals surface area (Å²) < 4.78 is 0. The number of guanidine groups is 2. The van der Waals surface area contributed by atoms with Gasteiger partial charge in [0.1, 0.15) is 72.5 Å². The molecule has 3 saturated heterocycles. The van der Waals surface area contributed by atoms with Crippen LogP contribution in [0.5, 0.6) is 0 Å². The van der Waals surface area contributed by atoms with Crippen LogP contribution in [0.1, 0.15) is 180 Å². The zero-order valence-electron chi connectivity index (χ0n) is 76.0. The maximum absolute atomic E-state index is 15.8. The van der Waals surface area contributed by atoms with E-state index in [9.17, 15) is 33.9 Å². The zero-order valence-corrected chi connectivity index (χ0v) is 76.0. The summed E-state index contributed by atoms with van der Waals surface area (Å²) >= 11 is 0. The Balaban J connectivity index is 1.06. The molecular weight excluding hydrogens is 1650 g/mol. The average Bonchev–Trinajstić information content (AvgIpc) is 1.73. The van der Waals surface area contributed by atoms with Crippen molar-refractivity contribution in [3.05, 3.63) is 177 Å². The number of amides is 12. The van der Waals surface area contributed by atoms with Crippen LogP contribution >= 0.6 is 0 Å². The van der Waals surface area contributed by atoms with E-state index < -0.39 is 155 Å². The minimum Gasteiger partial charge on any atom is -0.480 e. The first-order valence-corrected chi connectivity index (χ1v) is 45.3. The van der Waals surface area contributed by atoms with Gasteiger partial charge >= 0.3 is 5.97 Å². The monoisotopic (exact) mass is 1780 g/mol. The van der Waals surface area contributed by atoms with E-state index in [1.165, 1.54) is 14.7 Å². The number of unbranched alkanes of at least 4 members (excludes halogenated alkanes) is 1. The third-order valence-corrected chi connectivity index (χ3v) is 24.7. The van der Waals surface area contributed by atoms with Gasteiger partial charge in [0.25, 0.3) is 0 Å². The third kappa shape index (κ3) is 30.4. The second-order valence-corrected chi connectivity index (χ2v) is 34.9. The van der Waals surface area contributed by atoms with Crippen molar-refractivity contribution in [2.24, 2.45) is 34.8 Å². The first-order chi connectivity index (χ1) is 61.6. The van der Waals surface area contributed by atoms with E-state index in [-0.39, 0.29) is 153 Å². The van der Waals surface area contributed by atoms with E-state index in [1.807, 2.05) is 135 Å². The fraction of sp³-hybridized carbons (Fsp3) is 0.526. The van der Waals surface area contributed by atoms with Gasteiger partial charge in [0, 0.05) is 64.8 Å². The number of aryl methyl sites for hydroxylation is 5. The molecule has 34 heteroatoms. The van der Waals surface area contributed by atoms with E-state index in [0.717, 1.165) is 27.8 Å². The summed E-state index contributed by atoms with van der Waals surface area (Å²) in [6.45, 7) is 17.7. The first kappa shape index (κ1) is 102. The second kappa shape index (κ2) is 50.4. The van der Waals surface area contributed by atoms with Crippen LogP contribution in [0.2, 0.25) is 0 Å². The standard InChI is InChI=1S/C95H136N20O14/c1-10-57(4)80(97)89(124)112-74(50-56(2)3)90(125)113-47-25-41-77(113)86(121)107-71(51-63-33-16-11-28-58(63)5)83(118)104-68(38-21-22-44-96)82(117)110-75(54-66-36-19-14-31-61(66)8)91(126)114-48-26-43-79(114)88(123)109-73(53-65-35-18-13-30-60(65)7)85(120)111-76(55-67-37-20-15-32-62(67)9)92(127)115-49-27-42-78(115)87(122)108-72(52-64-34-17-12-29-59(64)6)84(119)105-69(39-23-45-102-94(98)99)81(116)106-70(93(128)129)40-24-46-103-95(100)101/h11-20,28-37,56-57,68-80H,10,21-27,38-55,96-97H2,1-9H3,(H,104,118)(H,105,119)(H,106,116)(H,107,121)(H,108,122)(H,109,123)(H,110,117)(H,111,120)(H,112,124)(H,128,129)(H4,98,99,102)(H4,100,101,103)/t57-,68-,69-,70-,71-,72-,73-,74-,75-,76-,77-,78-,79-,80-/m0/s1. The fourth-order valence-corrected chi connectivity index (χ4v) is 16.8. The second-order valence-electron chi connectivity index (χ2n) is 34.9. The summed E-state index contributed by atoms with van der Waals surface area (Å²) in [7, 11) is 0. The molecule has 14 atom stereocenters. The third-order valence-electron chi connectivity index (χ3n) is 24.7. The summed E-state index contributed by atoms with van der Waals surface area (Å²) in [5.41, 5.74) is 30.7. The number of carboxylic acid groups (broad SMARTS) is 1. The van der Waals surface area contributed by atoms with Crippen molar-refractivity contribution in [1.82, 2.24) is 73.2 Å². The number of nitrogens with two attached hydrogens (primary N) is 4. The molecule has 12 amide bonds. The Hall–Kier alpha value is -12.3. The van der Waals surface area contributed by atoms with Crippen LogP contribution in [0.3, 0.4) is 0 Å². The lowest BCUT2D eigenvalue weighted by Crippen LogP contribution is -2.61. The predicted molar refractivity (Wildman–Crippen MR) is 492 cm³/mol. The molecule has 0 bridgehead atoms. The molecule has 0 spiro atoms. The number of nitrogens with one attached hydrogen (secondary N) is 13. The minimum absolute atomic E-state index is 0.0252. The molecule has 0 aromatic heterocycles. The summed E-state index contributed by atoms with van der Waals surface area (Å²) in [6, 6.07) is 20.0. The highest BCUT2D eigenvalue weighted by atomic mass is 16.4. The van der Waals surface area contributed by atoms with Crippen LogP contribution in [0.4, 0.5) is 0 Å². The summed E-state index contributed by atoms with van der Waals surface area (Å²) in [5, 5.41) is 56.6. The number of hydrogen-bond acceptors (Lipinski definition) is 17. The number of aliphatic carboxylic acids is 1. The fourth-order valence-electron chi connectivity index (χ4n) is 16.8. The highest BCUT2D eigenvalue weighted by Gasteiger charge is 2.45. The average molecular weight is 1780 g/mol. The van der Waals surface area contributed by atoms with E-state index in [4.69, 9.17) is 33.8 Å².